The van der Waals surface area contributed by atoms with Gasteiger partial charge in [0, 0.05) is 10.9 Å². The van der Waals surface area contributed by atoms with Crippen molar-refractivity contribution in [3.05, 3.63) is 29.7 Å². The molecule has 0 saturated heterocycles. The average Bonchev–Trinajstić information content (AvgIpc) is 2.86. The van der Waals surface area contributed by atoms with E-state index in [1.165, 1.54) is 11.3 Å². The topological polar surface area (TPSA) is 52.3 Å². The molecule has 0 atom stereocenters. The molecule has 5 heteroatoms. The fraction of sp³-hybridized carbons (Fsp3) is 0.273. The Morgan fingerprint density at radius 3 is 3.19 bits per heavy atom. The second-order valence-electron chi connectivity index (χ2n) is 3.14. The van der Waals surface area contributed by atoms with E-state index in [1.54, 1.807) is 19.5 Å². The van der Waals surface area contributed by atoms with Crippen molar-refractivity contribution in [2.24, 2.45) is 0 Å². The molecule has 0 aromatic carbocycles. The summed E-state index contributed by atoms with van der Waals surface area (Å²) in [4.78, 5) is 15.6. The van der Waals surface area contributed by atoms with E-state index in [4.69, 9.17) is 9.15 Å². The maximum Gasteiger partial charge on any atom is 0.311 e. The number of furan rings is 1. The van der Waals surface area contributed by atoms with Gasteiger partial charge >= 0.3 is 5.97 Å². The van der Waals surface area contributed by atoms with Crippen LogP contribution in [0.2, 0.25) is 0 Å². The molecule has 4 nitrogen and oxygen atoms in total. The summed E-state index contributed by atoms with van der Waals surface area (Å²) in [7, 11) is 0. The Kier molecular flexibility index (Phi) is 3.36. The van der Waals surface area contributed by atoms with E-state index in [2.05, 4.69) is 4.98 Å². The quantitative estimate of drug-likeness (QED) is 0.767. The van der Waals surface area contributed by atoms with Gasteiger partial charge < -0.3 is 9.15 Å². The monoisotopic (exact) mass is 237 g/mol. The Morgan fingerprint density at radius 1 is 1.62 bits per heavy atom. The van der Waals surface area contributed by atoms with Crippen molar-refractivity contribution in [2.75, 3.05) is 6.61 Å². The number of rotatable bonds is 4. The lowest BCUT2D eigenvalue weighted by Crippen LogP contribution is -2.07. The van der Waals surface area contributed by atoms with Crippen LogP contribution in [0.15, 0.2) is 28.4 Å². The molecule has 0 aliphatic rings. The van der Waals surface area contributed by atoms with Gasteiger partial charge in [0.1, 0.15) is 11.3 Å². The number of hydrogen-bond donors (Lipinski definition) is 0. The van der Waals surface area contributed by atoms with Crippen LogP contribution in [0, 0.1) is 0 Å². The minimum Gasteiger partial charge on any atom is -0.472 e. The highest BCUT2D eigenvalue weighted by molar-refractivity contribution is 7.13. The van der Waals surface area contributed by atoms with Gasteiger partial charge in [0.2, 0.25) is 0 Å². The average molecular weight is 237 g/mol. The van der Waals surface area contributed by atoms with Crippen molar-refractivity contribution in [3.63, 3.8) is 0 Å². The van der Waals surface area contributed by atoms with E-state index in [9.17, 15) is 4.79 Å². The third kappa shape index (κ3) is 2.49. The number of carbonyl (C=O) groups is 1. The van der Waals surface area contributed by atoms with Crippen LogP contribution < -0.4 is 0 Å². The van der Waals surface area contributed by atoms with Gasteiger partial charge in [-0.2, -0.15) is 0 Å². The van der Waals surface area contributed by atoms with Gasteiger partial charge in [0.15, 0.2) is 0 Å². The van der Waals surface area contributed by atoms with Gasteiger partial charge in [-0.05, 0) is 13.0 Å². The Bertz CT molecular complexity index is 461. The first kappa shape index (κ1) is 10.9. The molecule has 0 amide bonds. The third-order valence-electron chi connectivity index (χ3n) is 1.95. The molecule has 0 fully saturated rings. The van der Waals surface area contributed by atoms with Crippen molar-refractivity contribution in [3.8, 4) is 10.6 Å². The van der Waals surface area contributed by atoms with Gasteiger partial charge in [-0.3, -0.25) is 4.79 Å². The SMILES string of the molecule is CCOC(=O)Cc1csc(-c2ccoc2)n1. The molecule has 2 aromatic rings. The largest absolute Gasteiger partial charge is 0.472 e. The predicted octanol–water partition coefficient (Wildman–Crippen LogP) is 2.51. The van der Waals surface area contributed by atoms with Crippen molar-refractivity contribution < 1.29 is 13.9 Å². The molecule has 2 aromatic heterocycles. The molecule has 0 bridgehead atoms. The minimum absolute atomic E-state index is 0.224. The van der Waals surface area contributed by atoms with E-state index in [-0.39, 0.29) is 12.4 Å². The lowest BCUT2D eigenvalue weighted by atomic mass is 10.3. The van der Waals surface area contributed by atoms with Crippen LogP contribution in [0.4, 0.5) is 0 Å². The summed E-state index contributed by atoms with van der Waals surface area (Å²) >= 11 is 1.49. The smallest absolute Gasteiger partial charge is 0.311 e. The van der Waals surface area contributed by atoms with Crippen LogP contribution in [0.25, 0.3) is 10.6 Å². The lowest BCUT2D eigenvalue weighted by molar-refractivity contribution is -0.142. The first-order valence-corrected chi connectivity index (χ1v) is 5.80. The number of aromatic nitrogens is 1. The Labute approximate surface area is 96.9 Å². The van der Waals surface area contributed by atoms with Crippen LogP contribution in [0.1, 0.15) is 12.6 Å². The van der Waals surface area contributed by atoms with Crippen molar-refractivity contribution in [1.29, 1.82) is 0 Å². The first-order chi connectivity index (χ1) is 7.79. The van der Waals surface area contributed by atoms with Crippen LogP contribution in [-0.2, 0) is 16.0 Å². The van der Waals surface area contributed by atoms with Crippen LogP contribution in [0.3, 0.4) is 0 Å². The number of esters is 1. The van der Waals surface area contributed by atoms with Gasteiger partial charge in [-0.25, -0.2) is 4.98 Å². The van der Waals surface area contributed by atoms with Crippen LogP contribution in [0.5, 0.6) is 0 Å². The fourth-order valence-corrected chi connectivity index (χ4v) is 2.07. The molecule has 84 valence electrons. The molecule has 2 heterocycles. The molecule has 0 saturated carbocycles. The van der Waals surface area contributed by atoms with E-state index in [0.717, 1.165) is 16.3 Å². The van der Waals surface area contributed by atoms with Gasteiger partial charge in [-0.1, -0.05) is 0 Å². The summed E-state index contributed by atoms with van der Waals surface area (Å²) in [6.45, 7) is 2.19. The summed E-state index contributed by atoms with van der Waals surface area (Å²) in [5, 5.41) is 2.72. The summed E-state index contributed by atoms with van der Waals surface area (Å²) in [6.07, 6.45) is 3.46. The van der Waals surface area contributed by atoms with E-state index >= 15 is 0 Å². The Morgan fingerprint density at radius 2 is 2.50 bits per heavy atom. The summed E-state index contributed by atoms with van der Waals surface area (Å²) in [5.41, 5.74) is 1.67. The molecule has 16 heavy (non-hydrogen) atoms. The number of nitrogens with zero attached hydrogens (tertiary/aromatic N) is 1. The van der Waals surface area contributed by atoms with Gasteiger partial charge in [-0.15, -0.1) is 11.3 Å². The van der Waals surface area contributed by atoms with E-state index in [0.29, 0.717) is 6.61 Å². The maximum absolute atomic E-state index is 11.2. The number of carbonyl (C=O) groups excluding carboxylic acids is 1. The fourth-order valence-electron chi connectivity index (χ4n) is 1.27. The second kappa shape index (κ2) is 4.94. The highest BCUT2D eigenvalue weighted by atomic mass is 32.1. The normalized spacial score (nSPS) is 10.3. The Hall–Kier alpha value is -1.62. The van der Waals surface area contributed by atoms with Gasteiger partial charge in [0.05, 0.1) is 25.0 Å². The van der Waals surface area contributed by atoms with Crippen molar-refractivity contribution in [1.82, 2.24) is 4.98 Å². The summed E-state index contributed by atoms with van der Waals surface area (Å²) in [5.74, 6) is -0.244. The molecule has 0 N–H and O–H groups in total. The van der Waals surface area contributed by atoms with Crippen LogP contribution >= 0.6 is 11.3 Å². The number of thiazole rings is 1. The minimum atomic E-state index is -0.244. The predicted molar refractivity (Wildman–Crippen MR) is 60.2 cm³/mol. The van der Waals surface area contributed by atoms with Crippen molar-refractivity contribution >= 4 is 17.3 Å². The van der Waals surface area contributed by atoms with E-state index < -0.39 is 0 Å². The molecule has 0 spiro atoms. The maximum atomic E-state index is 11.2. The third-order valence-corrected chi connectivity index (χ3v) is 2.89. The number of ether oxygens (including phenoxy) is 1. The standard InChI is InChI=1S/C11H11NO3S/c1-2-15-10(13)5-9-7-16-11(12-9)8-3-4-14-6-8/h3-4,6-7H,2,5H2,1H3. The van der Waals surface area contributed by atoms with Gasteiger partial charge in [0.25, 0.3) is 0 Å². The first-order valence-electron chi connectivity index (χ1n) is 4.92. The zero-order valence-corrected chi connectivity index (χ0v) is 9.62. The molecule has 2 rings (SSSR count). The molecular weight excluding hydrogens is 226 g/mol. The van der Waals surface area contributed by atoms with E-state index in [1.807, 2.05) is 11.4 Å². The highest BCUT2D eigenvalue weighted by Crippen LogP contribution is 2.24. The lowest BCUT2D eigenvalue weighted by Gasteiger charge is -1.97. The summed E-state index contributed by atoms with van der Waals surface area (Å²) in [6, 6.07) is 1.84. The zero-order chi connectivity index (χ0) is 11.4. The Balaban J connectivity index is 2.06. The molecule has 0 aliphatic heterocycles. The van der Waals surface area contributed by atoms with Crippen molar-refractivity contribution in [2.45, 2.75) is 13.3 Å². The van der Waals surface area contributed by atoms with Crippen LogP contribution in [-0.4, -0.2) is 17.6 Å². The molecule has 0 radical (unpaired) electrons. The zero-order valence-electron chi connectivity index (χ0n) is 8.80. The summed E-state index contributed by atoms with van der Waals surface area (Å²) < 4.78 is 9.83. The number of hydrogen-bond acceptors (Lipinski definition) is 5. The molecular formula is C11H11NO3S. The second-order valence-corrected chi connectivity index (χ2v) is 4.00. The molecule has 0 unspecified atom stereocenters. The molecule has 0 aliphatic carbocycles. The highest BCUT2D eigenvalue weighted by Gasteiger charge is 2.09.